The van der Waals surface area contributed by atoms with Crippen molar-refractivity contribution >= 4 is 11.0 Å². The molecule has 0 aliphatic rings. The van der Waals surface area contributed by atoms with Gasteiger partial charge in [-0.05, 0) is 24.0 Å². The number of aliphatic hydroxyl groups excluding tert-OH is 1. The van der Waals surface area contributed by atoms with E-state index >= 15 is 0 Å². The van der Waals surface area contributed by atoms with Crippen LogP contribution in [0.1, 0.15) is 33.3 Å². The molecule has 1 heterocycles. The van der Waals surface area contributed by atoms with Crippen LogP contribution in [0.25, 0.3) is 11.0 Å². The first-order chi connectivity index (χ1) is 13.9. The third-order valence-corrected chi connectivity index (χ3v) is 3.47. The molecule has 0 spiro atoms. The fourth-order valence-electron chi connectivity index (χ4n) is 2.22. The highest BCUT2D eigenvalue weighted by Gasteiger charge is 2.09. The van der Waals surface area contributed by atoms with E-state index in [1.165, 1.54) is 6.07 Å². The summed E-state index contributed by atoms with van der Waals surface area (Å²) < 4.78 is 21.2. The van der Waals surface area contributed by atoms with Crippen LogP contribution in [0.2, 0.25) is 0 Å². The molecule has 0 saturated carbocycles. The summed E-state index contributed by atoms with van der Waals surface area (Å²) in [5, 5.41) is 17.7. The number of aliphatic hydroxyl groups is 1. The van der Waals surface area contributed by atoms with Crippen molar-refractivity contribution < 1.29 is 23.7 Å². The van der Waals surface area contributed by atoms with Crippen LogP contribution in [0.4, 0.5) is 0 Å². The van der Waals surface area contributed by atoms with Crippen molar-refractivity contribution in [3.63, 3.8) is 0 Å². The van der Waals surface area contributed by atoms with Crippen LogP contribution in [0, 0.1) is 23.2 Å². The molecule has 2 rings (SSSR count). The van der Waals surface area contributed by atoms with Crippen LogP contribution in [0.3, 0.4) is 0 Å². The van der Waals surface area contributed by atoms with Gasteiger partial charge < -0.3 is 23.7 Å². The van der Waals surface area contributed by atoms with Crippen LogP contribution in [-0.4, -0.2) is 44.7 Å². The lowest BCUT2D eigenvalue weighted by Gasteiger charge is -2.09. The minimum absolute atomic E-state index is 0.0140. The molecule has 0 fully saturated rings. The molecule has 7 nitrogen and oxygen atoms in total. The van der Waals surface area contributed by atoms with Gasteiger partial charge in [0.2, 0.25) is 0 Å². The third-order valence-electron chi connectivity index (χ3n) is 3.47. The van der Waals surface area contributed by atoms with E-state index < -0.39 is 5.63 Å². The first-order valence-electron chi connectivity index (χ1n) is 9.75. The van der Waals surface area contributed by atoms with Gasteiger partial charge in [0.25, 0.3) is 0 Å². The number of nitrogens with zero attached hydrogens (tertiary/aromatic N) is 1. The molecule has 0 aliphatic heterocycles. The van der Waals surface area contributed by atoms with E-state index in [1.807, 2.05) is 6.07 Å². The largest absolute Gasteiger partial charge is 0.487 e. The van der Waals surface area contributed by atoms with Gasteiger partial charge in [-0.1, -0.05) is 39.8 Å². The molecule has 0 amide bonds. The third kappa shape index (κ3) is 9.57. The van der Waals surface area contributed by atoms with Crippen molar-refractivity contribution in [3.05, 3.63) is 40.2 Å². The van der Waals surface area contributed by atoms with Gasteiger partial charge in [0.15, 0.2) is 11.3 Å². The summed E-state index contributed by atoms with van der Waals surface area (Å²) in [5.74, 6) is 1.52. The second-order valence-corrected chi connectivity index (χ2v) is 7.24. The zero-order valence-corrected chi connectivity index (χ0v) is 17.6. The molecule has 1 aromatic heterocycles. The Labute approximate surface area is 171 Å². The molecule has 7 heteroatoms. The van der Waals surface area contributed by atoms with E-state index in [2.05, 4.69) is 27.7 Å². The summed E-state index contributed by atoms with van der Waals surface area (Å²) in [6.07, 6.45) is 0. The minimum Gasteiger partial charge on any atom is -0.487 e. The molecule has 1 aromatic carbocycles. The Bertz CT molecular complexity index is 822. The van der Waals surface area contributed by atoms with Crippen molar-refractivity contribution in [1.82, 2.24) is 0 Å². The lowest BCUT2D eigenvalue weighted by atomic mass is 10.2. The molecule has 160 valence electrons. The number of benzene rings is 1. The zero-order valence-electron chi connectivity index (χ0n) is 17.6. The highest BCUT2D eigenvalue weighted by Crippen LogP contribution is 2.24. The number of hydrogen-bond donors (Lipinski definition) is 1. The summed E-state index contributed by atoms with van der Waals surface area (Å²) in [5.41, 5.74) is -0.317. The van der Waals surface area contributed by atoms with Crippen molar-refractivity contribution in [2.45, 2.75) is 27.7 Å². The number of fused-ring (bicyclic) bond motifs is 1. The van der Waals surface area contributed by atoms with E-state index in [0.29, 0.717) is 55.0 Å². The molecule has 2 aromatic rings. The van der Waals surface area contributed by atoms with E-state index in [4.69, 9.17) is 29.0 Å². The van der Waals surface area contributed by atoms with E-state index in [1.54, 1.807) is 18.2 Å². The summed E-state index contributed by atoms with van der Waals surface area (Å²) in [6, 6.07) is 8.59. The average molecular weight is 405 g/mol. The van der Waals surface area contributed by atoms with Crippen molar-refractivity contribution in [2.24, 2.45) is 11.8 Å². The van der Waals surface area contributed by atoms with E-state index in [9.17, 15) is 4.79 Å². The first-order valence-corrected chi connectivity index (χ1v) is 9.75. The average Bonchev–Trinajstić information content (AvgIpc) is 2.67. The fraction of sp³-hybridized carbons (Fsp3) is 0.545. The summed E-state index contributed by atoms with van der Waals surface area (Å²) >= 11 is 0. The van der Waals surface area contributed by atoms with Gasteiger partial charge in [-0.15, -0.1) is 0 Å². The van der Waals surface area contributed by atoms with Gasteiger partial charge in [-0.3, -0.25) is 0 Å². The number of para-hydroxylation sites is 1. The standard InChI is InChI=1S/C16H17NO4.C6H14O2/c1-11(2)10-19-6-7-20-14-5-3-4-12-8-13(9-17)16(18)21-15(12)14;1-6(2)5-8-4-3-7/h3-5,8,11H,6-7,10H2,1-2H3;6-7H,3-5H2,1-2H3. The lowest BCUT2D eigenvalue weighted by molar-refractivity contribution is 0.0752. The summed E-state index contributed by atoms with van der Waals surface area (Å²) in [7, 11) is 0. The Morgan fingerprint density at radius 1 is 1.07 bits per heavy atom. The second kappa shape index (κ2) is 13.7. The molecular formula is C22H31NO6. The van der Waals surface area contributed by atoms with E-state index in [0.717, 1.165) is 6.61 Å². The smallest absolute Gasteiger partial charge is 0.354 e. The number of ether oxygens (including phenoxy) is 3. The Morgan fingerprint density at radius 2 is 1.72 bits per heavy atom. The van der Waals surface area contributed by atoms with Gasteiger partial charge in [-0.25, -0.2) is 4.79 Å². The van der Waals surface area contributed by atoms with Gasteiger partial charge >= 0.3 is 5.63 Å². The molecule has 0 bridgehead atoms. The molecule has 1 N–H and O–H groups in total. The van der Waals surface area contributed by atoms with Crippen LogP contribution in [0.5, 0.6) is 5.75 Å². The summed E-state index contributed by atoms with van der Waals surface area (Å²) in [4.78, 5) is 11.6. The monoisotopic (exact) mass is 405 g/mol. The van der Waals surface area contributed by atoms with Gasteiger partial charge in [0.05, 0.1) is 19.8 Å². The van der Waals surface area contributed by atoms with Gasteiger partial charge in [-0.2, -0.15) is 5.26 Å². The molecule has 0 radical (unpaired) electrons. The number of rotatable bonds is 10. The molecule has 29 heavy (non-hydrogen) atoms. The van der Waals surface area contributed by atoms with Crippen LogP contribution in [0.15, 0.2) is 33.5 Å². The van der Waals surface area contributed by atoms with Crippen LogP contribution in [-0.2, 0) is 9.47 Å². The number of hydrogen-bond acceptors (Lipinski definition) is 7. The summed E-state index contributed by atoms with van der Waals surface area (Å²) in [6.45, 7) is 11.2. The Kier molecular flexibility index (Phi) is 11.7. The van der Waals surface area contributed by atoms with E-state index in [-0.39, 0.29) is 12.2 Å². The second-order valence-electron chi connectivity index (χ2n) is 7.24. The molecular weight excluding hydrogens is 374 g/mol. The van der Waals surface area contributed by atoms with Crippen LogP contribution < -0.4 is 10.4 Å². The lowest BCUT2D eigenvalue weighted by Crippen LogP contribution is -2.10. The van der Waals surface area contributed by atoms with Crippen molar-refractivity contribution in [3.8, 4) is 11.8 Å². The highest BCUT2D eigenvalue weighted by molar-refractivity contribution is 5.83. The Hall–Kier alpha value is -2.40. The first kappa shape index (κ1) is 24.6. The maximum atomic E-state index is 11.6. The molecule has 0 atom stereocenters. The maximum Gasteiger partial charge on any atom is 0.354 e. The Balaban J connectivity index is 0.000000447. The van der Waals surface area contributed by atoms with Crippen LogP contribution >= 0.6 is 0 Å². The highest BCUT2D eigenvalue weighted by atomic mass is 16.5. The predicted molar refractivity (Wildman–Crippen MR) is 111 cm³/mol. The number of nitriles is 1. The molecule has 0 aliphatic carbocycles. The fourth-order valence-corrected chi connectivity index (χ4v) is 2.22. The normalized spacial score (nSPS) is 10.7. The molecule has 0 unspecified atom stereocenters. The Morgan fingerprint density at radius 3 is 2.31 bits per heavy atom. The molecule has 0 saturated heterocycles. The van der Waals surface area contributed by atoms with Crippen molar-refractivity contribution in [2.75, 3.05) is 39.6 Å². The minimum atomic E-state index is -0.655. The topological polar surface area (TPSA) is 102 Å². The zero-order chi connectivity index (χ0) is 21.6. The quantitative estimate of drug-likeness (QED) is 0.477. The predicted octanol–water partition coefficient (Wildman–Crippen LogP) is 3.37. The van der Waals surface area contributed by atoms with Gasteiger partial charge in [0.1, 0.15) is 18.2 Å². The SMILES string of the molecule is CC(C)COCCO.CC(C)COCCOc1cccc2cc(C#N)c(=O)oc12. The maximum absolute atomic E-state index is 11.6. The van der Waals surface area contributed by atoms with Crippen molar-refractivity contribution in [1.29, 1.82) is 5.26 Å². The van der Waals surface area contributed by atoms with Gasteiger partial charge in [0, 0.05) is 18.6 Å².